The Bertz CT molecular complexity index is 460. The Morgan fingerprint density at radius 2 is 2.61 bits per heavy atom. The van der Waals surface area contributed by atoms with E-state index in [1.54, 1.807) is 6.20 Å². The summed E-state index contributed by atoms with van der Waals surface area (Å²) in [6.45, 7) is 1.98. The van der Waals surface area contributed by atoms with Gasteiger partial charge in [0.05, 0.1) is 24.6 Å². The monoisotopic (exact) mass is 246 g/mol. The van der Waals surface area contributed by atoms with E-state index in [2.05, 4.69) is 21.6 Å². The van der Waals surface area contributed by atoms with Gasteiger partial charge in [0.2, 0.25) is 5.91 Å². The van der Waals surface area contributed by atoms with Gasteiger partial charge >= 0.3 is 0 Å². The fourth-order valence-electron chi connectivity index (χ4n) is 2.44. The zero-order valence-electron chi connectivity index (χ0n) is 10.6. The normalized spacial score (nSPS) is 19.7. The number of H-pyrrole nitrogens is 1. The van der Waals surface area contributed by atoms with Crippen LogP contribution >= 0.6 is 0 Å². The first kappa shape index (κ1) is 12.6. The van der Waals surface area contributed by atoms with E-state index in [4.69, 9.17) is 5.26 Å². The van der Waals surface area contributed by atoms with E-state index in [0.29, 0.717) is 6.42 Å². The third-order valence-corrected chi connectivity index (χ3v) is 3.54. The number of aromatic amines is 1. The third kappa shape index (κ3) is 2.53. The molecule has 0 radical (unpaired) electrons. The van der Waals surface area contributed by atoms with Crippen LogP contribution in [0.25, 0.3) is 0 Å². The molecular weight excluding hydrogens is 228 g/mol. The van der Waals surface area contributed by atoms with Gasteiger partial charge in [-0.15, -0.1) is 0 Å². The van der Waals surface area contributed by atoms with Gasteiger partial charge in [-0.25, -0.2) is 0 Å². The Hall–Kier alpha value is -1.83. The predicted molar refractivity (Wildman–Crippen MR) is 66.7 cm³/mol. The van der Waals surface area contributed by atoms with Crippen molar-refractivity contribution >= 4 is 5.91 Å². The number of amides is 1. The number of rotatable bonds is 4. The number of hydrogen-bond acceptors (Lipinski definition) is 3. The largest absolute Gasteiger partial charge is 0.352 e. The van der Waals surface area contributed by atoms with Gasteiger partial charge in [0.1, 0.15) is 0 Å². The van der Waals surface area contributed by atoms with E-state index in [1.165, 1.54) is 0 Å². The quantitative estimate of drug-likeness (QED) is 0.847. The van der Waals surface area contributed by atoms with Crippen molar-refractivity contribution in [1.29, 1.82) is 5.26 Å². The fourth-order valence-corrected chi connectivity index (χ4v) is 2.44. The highest BCUT2D eigenvalue weighted by molar-refractivity contribution is 5.84. The Labute approximate surface area is 107 Å². The van der Waals surface area contributed by atoms with Crippen LogP contribution in [-0.4, -0.2) is 22.1 Å². The number of aryl methyl sites for hydroxylation is 1. The molecule has 1 aliphatic rings. The molecular formula is C13H18N4O. The lowest BCUT2D eigenvalue weighted by molar-refractivity contribution is -0.123. The molecule has 5 heteroatoms. The van der Waals surface area contributed by atoms with Gasteiger partial charge in [0.15, 0.2) is 0 Å². The maximum atomic E-state index is 12.2. The van der Waals surface area contributed by atoms with Crippen molar-refractivity contribution in [1.82, 2.24) is 15.5 Å². The maximum Gasteiger partial charge on any atom is 0.227 e. The van der Waals surface area contributed by atoms with Crippen LogP contribution in [0.1, 0.15) is 49.8 Å². The Morgan fingerprint density at radius 3 is 3.33 bits per heavy atom. The van der Waals surface area contributed by atoms with Crippen molar-refractivity contribution in [3.8, 4) is 6.07 Å². The summed E-state index contributed by atoms with van der Waals surface area (Å²) in [5.41, 5.74) is 2.10. The SMILES string of the molecule is CC[C@@H](CC#N)NC(=O)[C@H]1CCCc2[nH]ncc21. The molecule has 96 valence electrons. The van der Waals surface area contributed by atoms with E-state index < -0.39 is 0 Å². The highest BCUT2D eigenvalue weighted by Crippen LogP contribution is 2.30. The van der Waals surface area contributed by atoms with Gasteiger partial charge in [-0.05, 0) is 25.7 Å². The zero-order chi connectivity index (χ0) is 13.0. The molecule has 2 N–H and O–H groups in total. The summed E-state index contributed by atoms with van der Waals surface area (Å²) in [4.78, 5) is 12.2. The number of fused-ring (bicyclic) bond motifs is 1. The second-order valence-electron chi connectivity index (χ2n) is 4.72. The lowest BCUT2D eigenvalue weighted by Crippen LogP contribution is -2.38. The molecule has 2 rings (SSSR count). The van der Waals surface area contributed by atoms with Crippen LogP contribution in [0, 0.1) is 11.3 Å². The summed E-state index contributed by atoms with van der Waals surface area (Å²) in [7, 11) is 0. The highest BCUT2D eigenvalue weighted by Gasteiger charge is 2.28. The van der Waals surface area contributed by atoms with Crippen LogP contribution in [0.4, 0.5) is 0 Å². The van der Waals surface area contributed by atoms with Gasteiger partial charge in [-0.2, -0.15) is 10.4 Å². The van der Waals surface area contributed by atoms with E-state index in [0.717, 1.165) is 36.9 Å². The highest BCUT2D eigenvalue weighted by atomic mass is 16.1. The van der Waals surface area contributed by atoms with Crippen molar-refractivity contribution in [2.75, 3.05) is 0 Å². The third-order valence-electron chi connectivity index (χ3n) is 3.54. The van der Waals surface area contributed by atoms with E-state index in [-0.39, 0.29) is 17.9 Å². The molecule has 0 bridgehead atoms. The van der Waals surface area contributed by atoms with Crippen molar-refractivity contribution in [2.45, 2.75) is 51.0 Å². The van der Waals surface area contributed by atoms with Gasteiger partial charge in [-0.3, -0.25) is 9.89 Å². The Balaban J connectivity index is 2.05. The fraction of sp³-hybridized carbons (Fsp3) is 0.615. The molecule has 1 aromatic heterocycles. The standard InChI is InChI=1S/C13H18N4O/c1-2-9(6-7-14)16-13(18)10-4-3-5-12-11(10)8-15-17-12/h8-10H,2-6H2,1H3,(H,15,17)(H,16,18)/t9-,10-/m0/s1. The average Bonchev–Trinajstić information content (AvgIpc) is 2.85. The molecule has 1 heterocycles. The van der Waals surface area contributed by atoms with Crippen LogP contribution in [0.2, 0.25) is 0 Å². The lowest BCUT2D eigenvalue weighted by Gasteiger charge is -2.23. The molecule has 5 nitrogen and oxygen atoms in total. The maximum absolute atomic E-state index is 12.2. The van der Waals surface area contributed by atoms with Gasteiger partial charge in [-0.1, -0.05) is 6.92 Å². The molecule has 2 atom stereocenters. The second-order valence-corrected chi connectivity index (χ2v) is 4.72. The van der Waals surface area contributed by atoms with Crippen molar-refractivity contribution in [3.05, 3.63) is 17.5 Å². The van der Waals surface area contributed by atoms with Crippen molar-refractivity contribution < 1.29 is 4.79 Å². The smallest absolute Gasteiger partial charge is 0.227 e. The van der Waals surface area contributed by atoms with Crippen LogP contribution in [-0.2, 0) is 11.2 Å². The van der Waals surface area contributed by atoms with Crippen LogP contribution in [0.15, 0.2) is 6.20 Å². The molecule has 0 spiro atoms. The predicted octanol–water partition coefficient (Wildman–Crippen LogP) is 1.64. The number of nitrogens with zero attached hydrogens (tertiary/aromatic N) is 2. The Morgan fingerprint density at radius 1 is 1.78 bits per heavy atom. The van der Waals surface area contributed by atoms with E-state index >= 15 is 0 Å². The molecule has 0 unspecified atom stereocenters. The summed E-state index contributed by atoms with van der Waals surface area (Å²) in [5.74, 6) is -0.0836. The Kier molecular flexibility index (Phi) is 3.98. The van der Waals surface area contributed by atoms with Gasteiger partial charge in [0, 0.05) is 17.3 Å². The van der Waals surface area contributed by atoms with Gasteiger partial charge < -0.3 is 5.32 Å². The molecule has 1 amide bonds. The summed E-state index contributed by atoms with van der Waals surface area (Å²) >= 11 is 0. The zero-order valence-corrected chi connectivity index (χ0v) is 10.6. The van der Waals surface area contributed by atoms with Crippen molar-refractivity contribution in [3.63, 3.8) is 0 Å². The van der Waals surface area contributed by atoms with Crippen LogP contribution < -0.4 is 5.32 Å². The minimum atomic E-state index is -0.111. The number of nitriles is 1. The van der Waals surface area contributed by atoms with Crippen LogP contribution in [0.3, 0.4) is 0 Å². The first-order valence-corrected chi connectivity index (χ1v) is 6.45. The number of carbonyl (C=O) groups excluding carboxylic acids is 1. The van der Waals surface area contributed by atoms with Crippen molar-refractivity contribution in [2.24, 2.45) is 0 Å². The van der Waals surface area contributed by atoms with E-state index in [1.807, 2.05) is 6.92 Å². The molecule has 18 heavy (non-hydrogen) atoms. The van der Waals surface area contributed by atoms with Gasteiger partial charge in [0.25, 0.3) is 0 Å². The minimum Gasteiger partial charge on any atom is -0.352 e. The molecule has 0 fully saturated rings. The molecule has 0 aromatic carbocycles. The summed E-state index contributed by atoms with van der Waals surface area (Å²) < 4.78 is 0. The summed E-state index contributed by atoms with van der Waals surface area (Å²) in [6.07, 6.45) is 5.74. The first-order valence-electron chi connectivity index (χ1n) is 6.45. The minimum absolute atomic E-state index is 0.0273. The number of aromatic nitrogens is 2. The second kappa shape index (κ2) is 5.67. The molecule has 0 saturated heterocycles. The summed E-state index contributed by atoms with van der Waals surface area (Å²) in [6, 6.07) is 2.07. The average molecular weight is 246 g/mol. The molecule has 0 saturated carbocycles. The first-order chi connectivity index (χ1) is 8.76. The number of hydrogen-bond donors (Lipinski definition) is 2. The van der Waals surface area contributed by atoms with Crippen LogP contribution in [0.5, 0.6) is 0 Å². The number of carbonyl (C=O) groups is 1. The number of nitrogens with one attached hydrogen (secondary N) is 2. The molecule has 1 aliphatic carbocycles. The summed E-state index contributed by atoms with van der Waals surface area (Å²) in [5, 5.41) is 18.6. The topological polar surface area (TPSA) is 81.6 Å². The molecule has 0 aliphatic heterocycles. The lowest BCUT2D eigenvalue weighted by atomic mass is 9.86. The molecule has 1 aromatic rings. The van der Waals surface area contributed by atoms with E-state index in [9.17, 15) is 4.79 Å².